The minimum absolute atomic E-state index is 0.128. The van der Waals surface area contributed by atoms with E-state index in [2.05, 4.69) is 18.7 Å². The molecule has 3 nitrogen and oxygen atoms in total. The van der Waals surface area contributed by atoms with Crippen LogP contribution in [0.15, 0.2) is 30.3 Å². The maximum Gasteiger partial charge on any atom is 0.256 e. The van der Waals surface area contributed by atoms with E-state index in [-0.39, 0.29) is 17.7 Å². The first kappa shape index (κ1) is 13.6. The molecule has 2 aliphatic rings. The zero-order valence-electron chi connectivity index (χ0n) is 12.3. The summed E-state index contributed by atoms with van der Waals surface area (Å²) in [5, 5.41) is 0. The van der Waals surface area contributed by atoms with Crippen LogP contribution in [0.4, 0.5) is 0 Å². The van der Waals surface area contributed by atoms with Crippen LogP contribution in [-0.2, 0) is 4.74 Å². The number of rotatable bonds is 2. The molecule has 1 saturated carbocycles. The summed E-state index contributed by atoms with van der Waals surface area (Å²) in [7, 11) is 0. The van der Waals surface area contributed by atoms with Crippen molar-refractivity contribution in [3.05, 3.63) is 35.9 Å². The van der Waals surface area contributed by atoms with Gasteiger partial charge in [-0.1, -0.05) is 32.0 Å². The van der Waals surface area contributed by atoms with Crippen LogP contribution in [0.1, 0.15) is 49.9 Å². The summed E-state index contributed by atoms with van der Waals surface area (Å²) in [5.41, 5.74) is 0.442. The zero-order chi connectivity index (χ0) is 14.2. The topological polar surface area (TPSA) is 29.5 Å². The third-order valence-corrected chi connectivity index (χ3v) is 4.69. The molecule has 1 amide bonds. The standard InChI is InChI=1S/C17H23NO2/c1-13(2)15-12-20-17(10-6-7-11-17)18(15)16(19)14-8-4-3-5-9-14/h3-5,8-9,13,15H,6-7,10-12H2,1-2H3. The van der Waals surface area contributed by atoms with Gasteiger partial charge in [0, 0.05) is 5.56 Å². The van der Waals surface area contributed by atoms with Crippen LogP contribution in [0.3, 0.4) is 0 Å². The van der Waals surface area contributed by atoms with Gasteiger partial charge in [0.25, 0.3) is 5.91 Å². The van der Waals surface area contributed by atoms with Crippen molar-refractivity contribution in [1.82, 2.24) is 4.90 Å². The molecule has 0 radical (unpaired) electrons. The Hall–Kier alpha value is -1.35. The fourth-order valence-electron chi connectivity index (χ4n) is 3.55. The molecule has 1 heterocycles. The number of hydrogen-bond donors (Lipinski definition) is 0. The van der Waals surface area contributed by atoms with Crippen LogP contribution in [-0.4, -0.2) is 29.2 Å². The summed E-state index contributed by atoms with van der Waals surface area (Å²) in [6.45, 7) is 5.02. The molecule has 1 saturated heterocycles. The predicted molar refractivity (Wildman–Crippen MR) is 78.4 cm³/mol. The van der Waals surface area contributed by atoms with Gasteiger partial charge in [-0.15, -0.1) is 0 Å². The molecule has 3 heteroatoms. The molecule has 1 atom stereocenters. The third kappa shape index (κ3) is 2.14. The lowest BCUT2D eigenvalue weighted by molar-refractivity contribution is -0.0651. The third-order valence-electron chi connectivity index (χ3n) is 4.69. The SMILES string of the molecule is CC(C)C1COC2(CCCC2)N1C(=O)c1ccccc1. The van der Waals surface area contributed by atoms with Gasteiger partial charge < -0.3 is 9.64 Å². The first-order valence-electron chi connectivity index (χ1n) is 7.67. The first-order chi connectivity index (χ1) is 9.64. The second kappa shape index (κ2) is 5.21. The Balaban J connectivity index is 1.95. The molecule has 0 aromatic heterocycles. The van der Waals surface area contributed by atoms with Crippen molar-refractivity contribution in [3.63, 3.8) is 0 Å². The largest absolute Gasteiger partial charge is 0.353 e. The molecule has 0 bridgehead atoms. The Labute approximate surface area is 120 Å². The van der Waals surface area contributed by atoms with Crippen LogP contribution in [0.25, 0.3) is 0 Å². The number of ether oxygens (including phenoxy) is 1. The van der Waals surface area contributed by atoms with Crippen LogP contribution in [0.5, 0.6) is 0 Å². The molecule has 3 rings (SSSR count). The molecule has 1 aromatic carbocycles. The molecule has 2 fully saturated rings. The molecule has 20 heavy (non-hydrogen) atoms. The number of nitrogens with zero attached hydrogens (tertiary/aromatic N) is 1. The maximum absolute atomic E-state index is 13.0. The van der Waals surface area contributed by atoms with Gasteiger partial charge in [-0.3, -0.25) is 4.79 Å². The average Bonchev–Trinajstić information content (AvgIpc) is 3.07. The fraction of sp³-hybridized carbons (Fsp3) is 0.588. The lowest BCUT2D eigenvalue weighted by atomic mass is 10.00. The number of benzene rings is 1. The van der Waals surface area contributed by atoms with Crippen molar-refractivity contribution in [2.24, 2.45) is 5.92 Å². The maximum atomic E-state index is 13.0. The Morgan fingerprint density at radius 3 is 2.50 bits per heavy atom. The highest BCUT2D eigenvalue weighted by molar-refractivity contribution is 5.95. The summed E-state index contributed by atoms with van der Waals surface area (Å²) in [5.74, 6) is 0.548. The monoisotopic (exact) mass is 273 g/mol. The lowest BCUT2D eigenvalue weighted by Gasteiger charge is -2.37. The number of carbonyl (C=O) groups is 1. The second-order valence-corrected chi connectivity index (χ2v) is 6.32. The van der Waals surface area contributed by atoms with Gasteiger partial charge in [0.15, 0.2) is 0 Å². The molecule has 1 aliphatic carbocycles. The fourth-order valence-corrected chi connectivity index (χ4v) is 3.55. The Kier molecular flexibility index (Phi) is 3.55. The van der Waals surface area contributed by atoms with E-state index < -0.39 is 0 Å². The Morgan fingerprint density at radius 2 is 1.90 bits per heavy atom. The average molecular weight is 273 g/mol. The van der Waals surface area contributed by atoms with E-state index in [0.717, 1.165) is 31.2 Å². The Morgan fingerprint density at radius 1 is 1.25 bits per heavy atom. The molecule has 0 N–H and O–H groups in total. The van der Waals surface area contributed by atoms with Gasteiger partial charge >= 0.3 is 0 Å². The summed E-state index contributed by atoms with van der Waals surface area (Å²) in [4.78, 5) is 15.0. The van der Waals surface area contributed by atoms with Gasteiger partial charge in [0.1, 0.15) is 5.72 Å². The van der Waals surface area contributed by atoms with Crippen LogP contribution < -0.4 is 0 Å². The van der Waals surface area contributed by atoms with Crippen molar-refractivity contribution in [2.75, 3.05) is 6.61 Å². The summed E-state index contributed by atoms with van der Waals surface area (Å²) >= 11 is 0. The predicted octanol–water partition coefficient (Wildman–Crippen LogP) is 3.45. The normalized spacial score (nSPS) is 24.8. The number of amides is 1. The first-order valence-corrected chi connectivity index (χ1v) is 7.67. The van der Waals surface area contributed by atoms with Crippen molar-refractivity contribution >= 4 is 5.91 Å². The highest BCUT2D eigenvalue weighted by atomic mass is 16.5. The van der Waals surface area contributed by atoms with Gasteiger partial charge in [-0.2, -0.15) is 0 Å². The van der Waals surface area contributed by atoms with E-state index in [1.54, 1.807) is 0 Å². The molecule has 1 aliphatic heterocycles. The molecule has 108 valence electrons. The minimum Gasteiger partial charge on any atom is -0.353 e. The number of hydrogen-bond acceptors (Lipinski definition) is 2. The van der Waals surface area contributed by atoms with Crippen molar-refractivity contribution in [2.45, 2.75) is 51.3 Å². The van der Waals surface area contributed by atoms with E-state index in [9.17, 15) is 4.79 Å². The highest BCUT2D eigenvalue weighted by Crippen LogP contribution is 2.44. The number of carbonyl (C=O) groups excluding carboxylic acids is 1. The van der Waals surface area contributed by atoms with Crippen molar-refractivity contribution in [1.29, 1.82) is 0 Å². The lowest BCUT2D eigenvalue weighted by Crippen LogP contribution is -2.51. The van der Waals surface area contributed by atoms with Crippen molar-refractivity contribution in [3.8, 4) is 0 Å². The molecule has 1 spiro atoms. The van der Waals surface area contributed by atoms with Gasteiger partial charge in [0.05, 0.1) is 12.6 Å². The van der Waals surface area contributed by atoms with Gasteiger partial charge in [-0.05, 0) is 43.7 Å². The van der Waals surface area contributed by atoms with Gasteiger partial charge in [0.2, 0.25) is 0 Å². The van der Waals surface area contributed by atoms with E-state index in [4.69, 9.17) is 4.74 Å². The van der Waals surface area contributed by atoms with E-state index in [1.165, 1.54) is 0 Å². The van der Waals surface area contributed by atoms with E-state index in [0.29, 0.717) is 12.5 Å². The zero-order valence-corrected chi connectivity index (χ0v) is 12.3. The highest BCUT2D eigenvalue weighted by Gasteiger charge is 2.52. The summed E-state index contributed by atoms with van der Waals surface area (Å²) in [6.07, 6.45) is 4.27. The molecule has 1 aromatic rings. The molecular weight excluding hydrogens is 250 g/mol. The van der Waals surface area contributed by atoms with E-state index in [1.807, 2.05) is 30.3 Å². The van der Waals surface area contributed by atoms with Crippen molar-refractivity contribution < 1.29 is 9.53 Å². The summed E-state index contributed by atoms with van der Waals surface area (Å²) in [6, 6.07) is 9.80. The summed E-state index contributed by atoms with van der Waals surface area (Å²) < 4.78 is 6.14. The van der Waals surface area contributed by atoms with E-state index >= 15 is 0 Å². The van der Waals surface area contributed by atoms with Crippen LogP contribution >= 0.6 is 0 Å². The molecule has 1 unspecified atom stereocenters. The van der Waals surface area contributed by atoms with Crippen LogP contribution in [0.2, 0.25) is 0 Å². The van der Waals surface area contributed by atoms with Crippen LogP contribution in [0, 0.1) is 5.92 Å². The van der Waals surface area contributed by atoms with Gasteiger partial charge in [-0.25, -0.2) is 0 Å². The smallest absolute Gasteiger partial charge is 0.256 e. The Bertz CT molecular complexity index is 477. The molecular formula is C17H23NO2. The minimum atomic E-state index is -0.331. The quantitative estimate of drug-likeness (QED) is 0.826. The second-order valence-electron chi connectivity index (χ2n) is 6.32.